The maximum Gasteiger partial charge on any atom is 0.243 e. The Hall–Kier alpha value is -0.660. The Morgan fingerprint density at radius 3 is 2.14 bits per heavy atom. The average molecular weight is 319 g/mol. The van der Waals surface area contributed by atoms with Crippen molar-refractivity contribution in [1.29, 1.82) is 0 Å². The third kappa shape index (κ3) is 4.93. The smallest absolute Gasteiger partial charge is 0.243 e. The van der Waals surface area contributed by atoms with Gasteiger partial charge < -0.3 is 10.6 Å². The van der Waals surface area contributed by atoms with Crippen molar-refractivity contribution in [2.24, 2.45) is 5.73 Å². The van der Waals surface area contributed by atoms with Crippen LogP contribution in [-0.2, 0) is 14.6 Å². The van der Waals surface area contributed by atoms with Crippen LogP contribution in [0.5, 0.6) is 0 Å². The van der Waals surface area contributed by atoms with Crippen LogP contribution >= 0.6 is 0 Å². The summed E-state index contributed by atoms with van der Waals surface area (Å²) in [7, 11) is -3.40. The highest BCUT2D eigenvalue weighted by Crippen LogP contribution is 2.19. The van der Waals surface area contributed by atoms with Crippen molar-refractivity contribution in [3.8, 4) is 0 Å². The van der Waals surface area contributed by atoms with E-state index in [0.717, 1.165) is 51.7 Å². The van der Waals surface area contributed by atoms with Crippen molar-refractivity contribution >= 4 is 15.7 Å². The van der Waals surface area contributed by atoms with Crippen molar-refractivity contribution in [1.82, 2.24) is 9.80 Å². The number of piperazine rings is 1. The average Bonchev–Trinajstić information content (AvgIpc) is 2.42. The number of hydrogen-bond donors (Lipinski definition) is 1. The maximum absolute atomic E-state index is 12.4. The van der Waals surface area contributed by atoms with Gasteiger partial charge in [-0.25, -0.2) is 8.42 Å². The molecule has 0 aromatic rings. The standard InChI is InChI=1S/C14H29N3O3S/c1-14(2,21(3,19)20)13(18)17-11-9-16(10-12-17)8-6-4-5-7-15/h4-12,15H2,1-3H3. The third-order valence-corrected chi connectivity index (χ3v) is 6.31. The predicted octanol–water partition coefficient (Wildman–Crippen LogP) is 0.0828. The second-order valence-electron chi connectivity index (χ2n) is 6.27. The zero-order valence-corrected chi connectivity index (χ0v) is 14.3. The molecule has 0 bridgehead atoms. The molecule has 0 aromatic heterocycles. The van der Waals surface area contributed by atoms with Crippen molar-refractivity contribution in [3.05, 3.63) is 0 Å². The lowest BCUT2D eigenvalue weighted by Gasteiger charge is -2.38. The summed E-state index contributed by atoms with van der Waals surface area (Å²) in [5.41, 5.74) is 5.47. The highest BCUT2D eigenvalue weighted by Gasteiger charge is 2.41. The molecular weight excluding hydrogens is 290 g/mol. The van der Waals surface area contributed by atoms with E-state index in [0.29, 0.717) is 13.1 Å². The van der Waals surface area contributed by atoms with E-state index in [-0.39, 0.29) is 5.91 Å². The first-order valence-corrected chi connectivity index (χ1v) is 9.50. The van der Waals surface area contributed by atoms with Crippen LogP contribution in [0.1, 0.15) is 33.1 Å². The summed E-state index contributed by atoms with van der Waals surface area (Å²) in [6.45, 7) is 7.58. The Morgan fingerprint density at radius 2 is 1.67 bits per heavy atom. The van der Waals surface area contributed by atoms with E-state index >= 15 is 0 Å². The van der Waals surface area contributed by atoms with Crippen LogP contribution in [0, 0.1) is 0 Å². The molecule has 1 aliphatic rings. The molecule has 1 amide bonds. The molecule has 0 atom stereocenters. The summed E-state index contributed by atoms with van der Waals surface area (Å²) in [6.07, 6.45) is 4.44. The van der Waals surface area contributed by atoms with Crippen molar-refractivity contribution in [3.63, 3.8) is 0 Å². The van der Waals surface area contributed by atoms with Crippen LogP contribution in [0.4, 0.5) is 0 Å². The van der Waals surface area contributed by atoms with Gasteiger partial charge in [-0.2, -0.15) is 0 Å². The van der Waals surface area contributed by atoms with Gasteiger partial charge in [-0.05, 0) is 39.8 Å². The van der Waals surface area contributed by atoms with Crippen LogP contribution in [0.15, 0.2) is 0 Å². The van der Waals surface area contributed by atoms with Gasteiger partial charge in [0.25, 0.3) is 0 Å². The number of hydrogen-bond acceptors (Lipinski definition) is 5. The van der Waals surface area contributed by atoms with E-state index in [1.165, 1.54) is 13.8 Å². The summed E-state index contributed by atoms with van der Waals surface area (Å²) in [5, 5.41) is 0. The predicted molar refractivity (Wildman–Crippen MR) is 84.8 cm³/mol. The Labute approximate surface area is 128 Å². The van der Waals surface area contributed by atoms with Crippen LogP contribution in [0.25, 0.3) is 0 Å². The van der Waals surface area contributed by atoms with Gasteiger partial charge in [-0.1, -0.05) is 6.42 Å². The first-order valence-electron chi connectivity index (χ1n) is 7.61. The van der Waals surface area contributed by atoms with E-state index in [1.54, 1.807) is 4.90 Å². The van der Waals surface area contributed by atoms with Crippen molar-refractivity contribution < 1.29 is 13.2 Å². The molecule has 124 valence electrons. The van der Waals surface area contributed by atoms with E-state index in [4.69, 9.17) is 5.73 Å². The Kier molecular flexibility index (Phi) is 6.62. The number of carbonyl (C=O) groups excluding carboxylic acids is 1. The largest absolute Gasteiger partial charge is 0.339 e. The summed E-state index contributed by atoms with van der Waals surface area (Å²) in [6, 6.07) is 0. The number of nitrogens with two attached hydrogens (primary N) is 1. The molecular formula is C14H29N3O3S. The molecule has 21 heavy (non-hydrogen) atoms. The van der Waals surface area contributed by atoms with Crippen molar-refractivity contribution in [2.45, 2.75) is 37.9 Å². The van der Waals surface area contributed by atoms with Crippen LogP contribution in [-0.4, -0.2) is 74.4 Å². The molecule has 1 rings (SSSR count). The number of sulfone groups is 1. The summed E-state index contributed by atoms with van der Waals surface area (Å²) < 4.78 is 22.1. The highest BCUT2D eigenvalue weighted by atomic mass is 32.2. The highest BCUT2D eigenvalue weighted by molar-refractivity contribution is 7.92. The Morgan fingerprint density at radius 1 is 1.10 bits per heavy atom. The monoisotopic (exact) mass is 319 g/mol. The van der Waals surface area contributed by atoms with Crippen LogP contribution < -0.4 is 5.73 Å². The topological polar surface area (TPSA) is 83.7 Å². The first-order chi connectivity index (χ1) is 9.70. The lowest BCUT2D eigenvalue weighted by molar-refractivity contribution is -0.134. The van der Waals surface area contributed by atoms with E-state index in [9.17, 15) is 13.2 Å². The van der Waals surface area contributed by atoms with Gasteiger partial charge in [0.05, 0.1) is 0 Å². The zero-order valence-electron chi connectivity index (χ0n) is 13.5. The van der Waals surface area contributed by atoms with E-state index in [1.807, 2.05) is 0 Å². The third-order valence-electron chi connectivity index (χ3n) is 4.28. The Balaban J connectivity index is 2.44. The van der Waals surface area contributed by atoms with Gasteiger partial charge in [0.15, 0.2) is 9.84 Å². The van der Waals surface area contributed by atoms with Gasteiger partial charge in [0.2, 0.25) is 5.91 Å². The fourth-order valence-electron chi connectivity index (χ4n) is 2.37. The molecule has 6 nitrogen and oxygen atoms in total. The summed E-state index contributed by atoms with van der Waals surface area (Å²) in [4.78, 5) is 16.4. The molecule has 0 spiro atoms. The number of amides is 1. The molecule has 2 N–H and O–H groups in total. The zero-order chi connectivity index (χ0) is 16.1. The minimum Gasteiger partial charge on any atom is -0.339 e. The minimum atomic E-state index is -3.40. The maximum atomic E-state index is 12.4. The van der Waals surface area contributed by atoms with Gasteiger partial charge in [0.1, 0.15) is 4.75 Å². The second-order valence-corrected chi connectivity index (χ2v) is 8.83. The van der Waals surface area contributed by atoms with E-state index < -0.39 is 14.6 Å². The molecule has 0 unspecified atom stereocenters. The molecule has 0 radical (unpaired) electrons. The van der Waals surface area contributed by atoms with Gasteiger partial charge in [-0.15, -0.1) is 0 Å². The fraction of sp³-hybridized carbons (Fsp3) is 0.929. The minimum absolute atomic E-state index is 0.284. The SMILES string of the molecule is CC(C)(C(=O)N1CCN(CCCCCN)CC1)S(C)(=O)=O. The number of carbonyl (C=O) groups is 1. The second kappa shape index (κ2) is 7.56. The van der Waals surface area contributed by atoms with Crippen LogP contribution in [0.3, 0.4) is 0 Å². The molecule has 0 saturated carbocycles. The lowest BCUT2D eigenvalue weighted by Crippen LogP contribution is -2.56. The molecule has 1 heterocycles. The lowest BCUT2D eigenvalue weighted by atomic mass is 10.1. The number of nitrogens with zero attached hydrogens (tertiary/aromatic N) is 2. The first kappa shape index (κ1) is 18.4. The summed E-state index contributed by atoms with van der Waals surface area (Å²) >= 11 is 0. The molecule has 0 aromatic carbocycles. The molecule has 1 saturated heterocycles. The molecule has 7 heteroatoms. The normalized spacial score (nSPS) is 18.0. The fourth-order valence-corrected chi connectivity index (χ4v) is 2.82. The molecule has 1 fully saturated rings. The van der Waals surface area contributed by atoms with Crippen LogP contribution in [0.2, 0.25) is 0 Å². The number of rotatable bonds is 7. The van der Waals surface area contributed by atoms with Crippen molar-refractivity contribution in [2.75, 3.05) is 45.5 Å². The van der Waals surface area contributed by atoms with Gasteiger partial charge in [0, 0.05) is 32.4 Å². The molecule has 1 aliphatic heterocycles. The molecule has 0 aliphatic carbocycles. The summed E-state index contributed by atoms with van der Waals surface area (Å²) in [5.74, 6) is -0.284. The van der Waals surface area contributed by atoms with E-state index in [2.05, 4.69) is 4.90 Å². The quantitative estimate of drug-likeness (QED) is 0.672. The Bertz CT molecular complexity index is 440. The number of unbranched alkanes of at least 4 members (excludes halogenated alkanes) is 2. The van der Waals surface area contributed by atoms with Gasteiger partial charge in [-0.3, -0.25) is 9.69 Å². The van der Waals surface area contributed by atoms with Gasteiger partial charge >= 0.3 is 0 Å².